The van der Waals surface area contributed by atoms with E-state index >= 15 is 0 Å². The van der Waals surface area contributed by atoms with Crippen molar-refractivity contribution in [3.8, 4) is 0 Å². The molecular weight excluding hydrogens is 214 g/mol. The summed E-state index contributed by atoms with van der Waals surface area (Å²) in [4.78, 5) is 16.2. The highest BCUT2D eigenvalue weighted by Crippen LogP contribution is 2.61. The summed E-state index contributed by atoms with van der Waals surface area (Å²) in [6.07, 6.45) is 5.07. The van der Waals surface area contributed by atoms with Crippen LogP contribution >= 0.6 is 0 Å². The quantitative estimate of drug-likeness (QED) is 0.732. The van der Waals surface area contributed by atoms with E-state index in [0.29, 0.717) is 6.61 Å². The summed E-state index contributed by atoms with van der Waals surface area (Å²) >= 11 is 0. The van der Waals surface area contributed by atoms with Crippen molar-refractivity contribution in [3.05, 3.63) is 29.1 Å². The SMILES string of the molecule is CCOC(=O)C1CC12CCc1cnc(C)cc12. The number of aromatic nitrogens is 1. The van der Waals surface area contributed by atoms with Crippen LogP contribution in [0.1, 0.15) is 36.6 Å². The number of carbonyl (C=O) groups excluding carboxylic acids is 1. The van der Waals surface area contributed by atoms with Gasteiger partial charge in [-0.1, -0.05) is 0 Å². The third kappa shape index (κ3) is 1.48. The average Bonchev–Trinajstić information content (AvgIpc) is 2.93. The van der Waals surface area contributed by atoms with E-state index in [1.54, 1.807) is 0 Å². The molecule has 0 aliphatic heterocycles. The lowest BCUT2D eigenvalue weighted by Crippen LogP contribution is -2.15. The standard InChI is InChI=1S/C14H17NO2/c1-3-17-13(16)12-7-14(12)5-4-10-8-15-9(2)6-11(10)14/h6,8,12H,3-5,7H2,1-2H3. The number of carbonyl (C=O) groups is 1. The van der Waals surface area contributed by atoms with Gasteiger partial charge in [0.15, 0.2) is 0 Å². The van der Waals surface area contributed by atoms with Crippen molar-refractivity contribution in [2.24, 2.45) is 5.92 Å². The molecule has 2 atom stereocenters. The minimum atomic E-state index is -0.0187. The first-order chi connectivity index (χ1) is 8.17. The number of nitrogens with zero attached hydrogens (tertiary/aromatic N) is 1. The summed E-state index contributed by atoms with van der Waals surface area (Å²) in [5.41, 5.74) is 3.81. The van der Waals surface area contributed by atoms with Gasteiger partial charge in [0, 0.05) is 17.3 Å². The largest absolute Gasteiger partial charge is 0.466 e. The van der Waals surface area contributed by atoms with Gasteiger partial charge in [0.2, 0.25) is 0 Å². The molecule has 2 aliphatic carbocycles. The van der Waals surface area contributed by atoms with Gasteiger partial charge in [-0.25, -0.2) is 0 Å². The van der Waals surface area contributed by atoms with Crippen molar-refractivity contribution in [2.75, 3.05) is 6.61 Å². The van der Waals surface area contributed by atoms with Crippen molar-refractivity contribution in [2.45, 2.75) is 38.5 Å². The smallest absolute Gasteiger partial charge is 0.309 e. The fourth-order valence-electron chi connectivity index (χ4n) is 3.17. The Bertz CT molecular complexity index is 483. The number of pyridine rings is 1. The number of ether oxygens (including phenoxy) is 1. The molecular formula is C14H17NO2. The van der Waals surface area contributed by atoms with Crippen molar-refractivity contribution in [1.29, 1.82) is 0 Å². The Morgan fingerprint density at radius 1 is 1.65 bits per heavy atom. The van der Waals surface area contributed by atoms with Crippen LogP contribution < -0.4 is 0 Å². The van der Waals surface area contributed by atoms with Gasteiger partial charge >= 0.3 is 5.97 Å². The first-order valence-corrected chi connectivity index (χ1v) is 6.30. The summed E-state index contributed by atoms with van der Waals surface area (Å²) < 4.78 is 5.14. The number of esters is 1. The van der Waals surface area contributed by atoms with Crippen LogP contribution in [-0.4, -0.2) is 17.6 Å². The summed E-state index contributed by atoms with van der Waals surface area (Å²) in [7, 11) is 0. The molecule has 1 fully saturated rings. The third-order valence-corrected chi connectivity index (χ3v) is 4.15. The molecule has 90 valence electrons. The lowest BCUT2D eigenvalue weighted by molar-refractivity contribution is -0.145. The van der Waals surface area contributed by atoms with E-state index in [2.05, 4.69) is 11.1 Å². The van der Waals surface area contributed by atoms with Crippen molar-refractivity contribution < 1.29 is 9.53 Å². The van der Waals surface area contributed by atoms with Crippen LogP contribution in [0.25, 0.3) is 0 Å². The molecule has 0 aromatic carbocycles. The zero-order valence-corrected chi connectivity index (χ0v) is 10.3. The Hall–Kier alpha value is -1.38. The average molecular weight is 231 g/mol. The fourth-order valence-corrected chi connectivity index (χ4v) is 3.17. The molecule has 1 saturated carbocycles. The van der Waals surface area contributed by atoms with Crippen molar-refractivity contribution in [1.82, 2.24) is 4.98 Å². The Labute approximate surface area is 101 Å². The fraction of sp³-hybridized carbons (Fsp3) is 0.571. The number of rotatable bonds is 2. The maximum atomic E-state index is 11.8. The zero-order valence-electron chi connectivity index (χ0n) is 10.3. The van der Waals surface area contributed by atoms with Crippen molar-refractivity contribution >= 4 is 5.97 Å². The van der Waals surface area contributed by atoms with Gasteiger partial charge in [-0.3, -0.25) is 9.78 Å². The van der Waals surface area contributed by atoms with E-state index in [0.717, 1.165) is 25.0 Å². The molecule has 0 N–H and O–H groups in total. The molecule has 1 spiro atoms. The molecule has 2 aliphatic rings. The maximum absolute atomic E-state index is 11.8. The lowest BCUT2D eigenvalue weighted by atomic mass is 9.95. The van der Waals surface area contributed by atoms with Gasteiger partial charge < -0.3 is 4.74 Å². The summed E-state index contributed by atoms with van der Waals surface area (Å²) in [6.45, 7) is 4.35. The van der Waals surface area contributed by atoms with Crippen LogP contribution in [0, 0.1) is 12.8 Å². The first-order valence-electron chi connectivity index (χ1n) is 6.30. The second-order valence-corrected chi connectivity index (χ2v) is 5.15. The first kappa shape index (κ1) is 10.8. The van der Waals surface area contributed by atoms with Crippen LogP contribution in [0.5, 0.6) is 0 Å². The van der Waals surface area contributed by atoms with Crippen LogP contribution in [0.2, 0.25) is 0 Å². The van der Waals surface area contributed by atoms with E-state index in [9.17, 15) is 4.79 Å². The van der Waals surface area contributed by atoms with Crippen LogP contribution in [0.15, 0.2) is 12.3 Å². The van der Waals surface area contributed by atoms with Gasteiger partial charge in [0.05, 0.1) is 12.5 Å². The molecule has 2 unspecified atom stereocenters. The minimum Gasteiger partial charge on any atom is -0.466 e. The van der Waals surface area contributed by atoms with Crippen LogP contribution in [0.4, 0.5) is 0 Å². The Balaban J connectivity index is 1.90. The predicted molar refractivity (Wildman–Crippen MR) is 63.7 cm³/mol. The predicted octanol–water partition coefficient (Wildman–Crippen LogP) is 2.16. The number of aryl methyl sites for hydroxylation is 2. The van der Waals surface area contributed by atoms with Crippen molar-refractivity contribution in [3.63, 3.8) is 0 Å². The second-order valence-electron chi connectivity index (χ2n) is 5.15. The number of hydrogen-bond acceptors (Lipinski definition) is 3. The molecule has 3 nitrogen and oxygen atoms in total. The Morgan fingerprint density at radius 3 is 3.24 bits per heavy atom. The lowest BCUT2D eigenvalue weighted by Gasteiger charge is -2.11. The summed E-state index contributed by atoms with van der Waals surface area (Å²) in [6, 6.07) is 2.15. The molecule has 17 heavy (non-hydrogen) atoms. The molecule has 3 heteroatoms. The monoisotopic (exact) mass is 231 g/mol. The highest BCUT2D eigenvalue weighted by molar-refractivity contribution is 5.80. The van der Waals surface area contributed by atoms with Gasteiger partial charge in [-0.05, 0) is 50.3 Å². The molecule has 0 radical (unpaired) electrons. The highest BCUT2D eigenvalue weighted by Gasteiger charge is 2.62. The van der Waals surface area contributed by atoms with Crippen LogP contribution in [-0.2, 0) is 21.4 Å². The second kappa shape index (κ2) is 3.56. The Kier molecular flexibility index (Phi) is 2.25. The molecule has 0 amide bonds. The van der Waals surface area contributed by atoms with E-state index in [1.165, 1.54) is 11.1 Å². The summed E-state index contributed by atoms with van der Waals surface area (Å²) in [5.74, 6) is 0.0697. The van der Waals surface area contributed by atoms with Gasteiger partial charge in [-0.15, -0.1) is 0 Å². The minimum absolute atomic E-state index is 0.0187. The Morgan fingerprint density at radius 2 is 2.47 bits per heavy atom. The number of fused-ring (bicyclic) bond motifs is 2. The normalized spacial score (nSPS) is 29.2. The molecule has 0 saturated heterocycles. The molecule has 0 bridgehead atoms. The number of hydrogen-bond donors (Lipinski definition) is 0. The zero-order chi connectivity index (χ0) is 12.0. The van der Waals surface area contributed by atoms with Crippen LogP contribution in [0.3, 0.4) is 0 Å². The maximum Gasteiger partial charge on any atom is 0.309 e. The van der Waals surface area contributed by atoms with Gasteiger partial charge in [0.1, 0.15) is 0 Å². The molecule has 3 rings (SSSR count). The van der Waals surface area contributed by atoms with E-state index in [-0.39, 0.29) is 17.3 Å². The highest BCUT2D eigenvalue weighted by atomic mass is 16.5. The summed E-state index contributed by atoms with van der Waals surface area (Å²) in [5, 5.41) is 0. The molecule has 1 aromatic rings. The van der Waals surface area contributed by atoms with Gasteiger partial charge in [0.25, 0.3) is 0 Å². The molecule has 1 heterocycles. The van der Waals surface area contributed by atoms with E-state index in [1.807, 2.05) is 20.0 Å². The molecule has 1 aromatic heterocycles. The van der Waals surface area contributed by atoms with Gasteiger partial charge in [-0.2, -0.15) is 0 Å². The van der Waals surface area contributed by atoms with E-state index in [4.69, 9.17) is 4.74 Å². The third-order valence-electron chi connectivity index (χ3n) is 4.15. The topological polar surface area (TPSA) is 39.2 Å². The van der Waals surface area contributed by atoms with E-state index < -0.39 is 0 Å².